The van der Waals surface area contributed by atoms with Crippen molar-refractivity contribution in [2.75, 3.05) is 53.0 Å². The second kappa shape index (κ2) is 14.8. The fraction of sp³-hybridized carbons (Fsp3) is 0.842. The summed E-state index contributed by atoms with van der Waals surface area (Å²) in [6.45, 7) is 17.0. The van der Waals surface area contributed by atoms with Gasteiger partial charge in [0.2, 0.25) is 0 Å². The zero-order valence-electron chi connectivity index (χ0n) is 16.7. The van der Waals surface area contributed by atoms with Gasteiger partial charge in [0.05, 0.1) is 19.8 Å². The maximum absolute atomic E-state index is 5.51. The summed E-state index contributed by atoms with van der Waals surface area (Å²) in [6.07, 6.45) is 5.33. The average Bonchev–Trinajstić information content (AvgIpc) is 2.58. The smallest absolute Gasteiger partial charge is 0.193 e. The summed E-state index contributed by atoms with van der Waals surface area (Å²) in [7, 11) is 2.12. The molecule has 0 aromatic rings. The highest BCUT2D eigenvalue weighted by atomic mass is 127. The maximum Gasteiger partial charge on any atom is 0.193 e. The Morgan fingerprint density at radius 1 is 1.36 bits per heavy atom. The van der Waals surface area contributed by atoms with E-state index in [4.69, 9.17) is 9.73 Å². The molecule has 0 aromatic heterocycles. The Morgan fingerprint density at radius 2 is 2.04 bits per heavy atom. The minimum Gasteiger partial charge on any atom is -0.379 e. The first-order valence-corrected chi connectivity index (χ1v) is 9.50. The molecule has 25 heavy (non-hydrogen) atoms. The summed E-state index contributed by atoms with van der Waals surface area (Å²) >= 11 is 0. The molecule has 1 rings (SSSR count). The predicted octanol–water partition coefficient (Wildman–Crippen LogP) is 3.21. The lowest BCUT2D eigenvalue weighted by Crippen LogP contribution is -2.46. The second-order valence-electron chi connectivity index (χ2n) is 6.98. The number of halogens is 1. The van der Waals surface area contributed by atoms with E-state index in [1.807, 2.05) is 6.08 Å². The lowest BCUT2D eigenvalue weighted by Gasteiger charge is -2.35. The first kappa shape index (κ1) is 24.7. The van der Waals surface area contributed by atoms with E-state index in [1.54, 1.807) is 0 Å². The van der Waals surface area contributed by atoms with Gasteiger partial charge < -0.3 is 15.0 Å². The van der Waals surface area contributed by atoms with Gasteiger partial charge >= 0.3 is 0 Å². The number of ether oxygens (including phenoxy) is 1. The molecule has 0 aliphatic carbocycles. The Bertz CT molecular complexity index is 370. The summed E-state index contributed by atoms with van der Waals surface area (Å²) in [5.41, 5.74) is 0. The third-order valence-electron chi connectivity index (χ3n) is 4.36. The summed E-state index contributed by atoms with van der Waals surface area (Å²) in [5.74, 6) is 1.70. The molecule has 148 valence electrons. The molecular weight excluding hydrogens is 427 g/mol. The topological polar surface area (TPSA) is 40.1 Å². The van der Waals surface area contributed by atoms with Crippen molar-refractivity contribution in [3.05, 3.63) is 12.7 Å². The minimum atomic E-state index is 0. The zero-order chi connectivity index (χ0) is 17.8. The normalized spacial score (nSPS) is 17.1. The molecule has 1 N–H and O–H groups in total. The van der Waals surface area contributed by atoms with E-state index in [9.17, 15) is 0 Å². The maximum atomic E-state index is 5.51. The van der Waals surface area contributed by atoms with Crippen LogP contribution in [0.2, 0.25) is 0 Å². The zero-order valence-corrected chi connectivity index (χ0v) is 19.0. The van der Waals surface area contributed by atoms with Gasteiger partial charge in [-0.2, -0.15) is 0 Å². The molecule has 1 atom stereocenters. The summed E-state index contributed by atoms with van der Waals surface area (Å²) in [4.78, 5) is 9.73. The van der Waals surface area contributed by atoms with Crippen molar-refractivity contribution in [1.29, 1.82) is 0 Å². The van der Waals surface area contributed by atoms with Crippen LogP contribution >= 0.6 is 24.0 Å². The van der Waals surface area contributed by atoms with Gasteiger partial charge in [-0.1, -0.05) is 19.9 Å². The van der Waals surface area contributed by atoms with Crippen LogP contribution in [0.1, 0.15) is 40.0 Å². The highest BCUT2D eigenvalue weighted by Crippen LogP contribution is 2.14. The minimum absolute atomic E-state index is 0. The van der Waals surface area contributed by atoms with E-state index >= 15 is 0 Å². The molecule has 1 aliphatic heterocycles. The third-order valence-corrected chi connectivity index (χ3v) is 4.36. The molecule has 6 heteroatoms. The van der Waals surface area contributed by atoms with Gasteiger partial charge in [-0.15, -0.1) is 30.6 Å². The van der Waals surface area contributed by atoms with Gasteiger partial charge in [0, 0.05) is 39.3 Å². The van der Waals surface area contributed by atoms with Crippen LogP contribution < -0.4 is 5.32 Å². The number of rotatable bonds is 10. The Kier molecular flexibility index (Phi) is 14.6. The van der Waals surface area contributed by atoms with Gasteiger partial charge in [-0.3, -0.25) is 9.89 Å². The quantitative estimate of drug-likeness (QED) is 0.177. The summed E-state index contributed by atoms with van der Waals surface area (Å²) in [5, 5.41) is 3.43. The van der Waals surface area contributed by atoms with Gasteiger partial charge in [0.25, 0.3) is 0 Å². The molecule has 1 unspecified atom stereocenters. The second-order valence-corrected chi connectivity index (χ2v) is 6.98. The number of hydrogen-bond acceptors (Lipinski definition) is 3. The molecule has 0 radical (unpaired) electrons. The van der Waals surface area contributed by atoms with Crippen molar-refractivity contribution < 1.29 is 4.74 Å². The number of aliphatic imine (C=N–C) groups is 1. The first-order chi connectivity index (χ1) is 11.6. The fourth-order valence-electron chi connectivity index (χ4n) is 3.07. The van der Waals surface area contributed by atoms with Crippen LogP contribution in [0.5, 0.6) is 0 Å². The first-order valence-electron chi connectivity index (χ1n) is 9.50. The molecule has 1 aliphatic rings. The SMILES string of the molecule is C=CCCCN(C)C(=NCC(CC(C)C)N1CCOCC1)NCC.I. The molecule has 0 aromatic carbocycles. The Morgan fingerprint density at radius 3 is 2.60 bits per heavy atom. The molecule has 1 fully saturated rings. The van der Waals surface area contributed by atoms with E-state index < -0.39 is 0 Å². The number of guanidine groups is 1. The van der Waals surface area contributed by atoms with Crippen LogP contribution in [0.25, 0.3) is 0 Å². The van der Waals surface area contributed by atoms with E-state index in [0.29, 0.717) is 12.0 Å². The highest BCUT2D eigenvalue weighted by Gasteiger charge is 2.22. The summed E-state index contributed by atoms with van der Waals surface area (Å²) in [6, 6.07) is 0.504. The Balaban J connectivity index is 0.00000576. The number of unbranched alkanes of at least 4 members (excludes halogenated alkanes) is 1. The van der Waals surface area contributed by atoms with Gasteiger partial charge in [0.1, 0.15) is 0 Å². The number of nitrogens with zero attached hydrogens (tertiary/aromatic N) is 3. The lowest BCUT2D eigenvalue weighted by molar-refractivity contribution is 0.0142. The van der Waals surface area contributed by atoms with Gasteiger partial charge in [-0.05, 0) is 32.1 Å². The number of nitrogens with one attached hydrogen (secondary N) is 1. The van der Waals surface area contributed by atoms with Crippen LogP contribution in [-0.4, -0.2) is 74.8 Å². The Hall–Kier alpha value is -0.340. The van der Waals surface area contributed by atoms with Crippen molar-refractivity contribution in [3.8, 4) is 0 Å². The van der Waals surface area contributed by atoms with E-state index in [0.717, 1.165) is 64.7 Å². The van der Waals surface area contributed by atoms with E-state index in [1.165, 1.54) is 6.42 Å². The molecule has 0 saturated carbocycles. The fourth-order valence-corrected chi connectivity index (χ4v) is 3.07. The number of morpholine rings is 1. The van der Waals surface area contributed by atoms with Crippen molar-refractivity contribution in [1.82, 2.24) is 15.1 Å². The molecule has 0 amide bonds. The molecule has 1 heterocycles. The van der Waals surface area contributed by atoms with Crippen LogP contribution in [-0.2, 0) is 4.74 Å². The van der Waals surface area contributed by atoms with Crippen LogP contribution in [0.15, 0.2) is 17.6 Å². The van der Waals surface area contributed by atoms with Crippen LogP contribution in [0, 0.1) is 5.92 Å². The van der Waals surface area contributed by atoms with Gasteiger partial charge in [0.15, 0.2) is 5.96 Å². The monoisotopic (exact) mass is 466 g/mol. The molecule has 5 nitrogen and oxygen atoms in total. The van der Waals surface area contributed by atoms with Gasteiger partial charge in [-0.25, -0.2) is 0 Å². The number of allylic oxidation sites excluding steroid dienone is 1. The standard InChI is InChI=1S/C19H38N4O.HI/c1-6-8-9-10-22(5)19(20-7-2)21-16-18(15-17(3)4)23-11-13-24-14-12-23;/h6,17-18H,1,7-16H2,2-5H3,(H,20,21);1H. The van der Waals surface area contributed by atoms with Crippen molar-refractivity contribution in [2.24, 2.45) is 10.9 Å². The van der Waals surface area contributed by atoms with Crippen LogP contribution in [0.4, 0.5) is 0 Å². The largest absolute Gasteiger partial charge is 0.379 e. The third kappa shape index (κ3) is 10.4. The van der Waals surface area contributed by atoms with Crippen molar-refractivity contribution in [3.63, 3.8) is 0 Å². The predicted molar refractivity (Wildman–Crippen MR) is 119 cm³/mol. The number of hydrogen-bond donors (Lipinski definition) is 1. The molecular formula is C19H39IN4O. The molecule has 0 bridgehead atoms. The van der Waals surface area contributed by atoms with Crippen molar-refractivity contribution in [2.45, 2.75) is 46.1 Å². The Labute approximate surface area is 172 Å². The van der Waals surface area contributed by atoms with E-state index in [-0.39, 0.29) is 24.0 Å². The van der Waals surface area contributed by atoms with E-state index in [2.05, 4.69) is 49.5 Å². The van der Waals surface area contributed by atoms with Crippen LogP contribution in [0.3, 0.4) is 0 Å². The molecule has 0 spiro atoms. The average molecular weight is 466 g/mol. The van der Waals surface area contributed by atoms with Crippen molar-refractivity contribution >= 4 is 29.9 Å². The lowest BCUT2D eigenvalue weighted by atomic mass is 10.0. The molecule has 1 saturated heterocycles. The highest BCUT2D eigenvalue weighted by molar-refractivity contribution is 14.0. The summed E-state index contributed by atoms with van der Waals surface area (Å²) < 4.78 is 5.51.